The lowest BCUT2D eigenvalue weighted by Gasteiger charge is -2.10. The molecule has 0 heterocycles. The molecule has 5 heteroatoms. The van der Waals surface area contributed by atoms with E-state index >= 15 is 0 Å². The van der Waals surface area contributed by atoms with E-state index in [1.807, 2.05) is 24.3 Å². The molecule has 0 aromatic heterocycles. The molecule has 0 saturated heterocycles. The lowest BCUT2D eigenvalue weighted by molar-refractivity contribution is -0.145. The topological polar surface area (TPSA) is 65.0 Å². The van der Waals surface area contributed by atoms with Crippen LogP contribution >= 0.6 is 0 Å². The molecular formula is C15H22O5. The number of aliphatic hydroxyl groups is 1. The molecule has 5 nitrogen and oxygen atoms in total. The predicted octanol–water partition coefficient (Wildman–Crippen LogP) is 1.92. The van der Waals surface area contributed by atoms with Crippen molar-refractivity contribution in [2.45, 2.75) is 32.5 Å². The highest BCUT2D eigenvalue weighted by atomic mass is 16.5. The third kappa shape index (κ3) is 6.54. The van der Waals surface area contributed by atoms with Gasteiger partial charge in [0.2, 0.25) is 0 Å². The number of carbonyl (C=O) groups is 1. The summed E-state index contributed by atoms with van der Waals surface area (Å²) >= 11 is 0. The number of methoxy groups -OCH3 is 1. The average molecular weight is 282 g/mol. The maximum Gasteiger partial charge on any atom is 0.308 e. The van der Waals surface area contributed by atoms with Gasteiger partial charge in [-0.25, -0.2) is 0 Å². The molecule has 112 valence electrons. The molecule has 0 aliphatic rings. The number of hydrogen-bond donors (Lipinski definition) is 1. The van der Waals surface area contributed by atoms with Crippen LogP contribution in [0.1, 0.15) is 25.3 Å². The van der Waals surface area contributed by atoms with Gasteiger partial charge in [0, 0.05) is 6.61 Å². The maximum absolute atomic E-state index is 11.1. The maximum atomic E-state index is 11.1. The van der Waals surface area contributed by atoms with Crippen LogP contribution in [0.25, 0.3) is 0 Å². The molecular weight excluding hydrogens is 260 g/mol. The molecule has 1 aromatic rings. The number of aliphatic hydroxyl groups excluding tert-OH is 1. The Morgan fingerprint density at radius 2 is 2.00 bits per heavy atom. The van der Waals surface area contributed by atoms with Crippen LogP contribution in [0.15, 0.2) is 24.3 Å². The van der Waals surface area contributed by atoms with Gasteiger partial charge in [0.05, 0.1) is 32.8 Å². The molecule has 0 saturated carbocycles. The highest BCUT2D eigenvalue weighted by Crippen LogP contribution is 2.12. The van der Waals surface area contributed by atoms with Gasteiger partial charge < -0.3 is 19.3 Å². The van der Waals surface area contributed by atoms with Crippen LogP contribution in [0.3, 0.4) is 0 Å². The Hall–Kier alpha value is -1.59. The molecule has 1 rings (SSSR count). The summed E-state index contributed by atoms with van der Waals surface area (Å²) in [5.74, 6) is 0.425. The number of ether oxygens (including phenoxy) is 3. The number of rotatable bonds is 9. The molecule has 0 radical (unpaired) electrons. The van der Waals surface area contributed by atoms with Gasteiger partial charge in [-0.2, -0.15) is 0 Å². The van der Waals surface area contributed by atoms with Gasteiger partial charge in [0.25, 0.3) is 0 Å². The van der Waals surface area contributed by atoms with E-state index in [0.717, 1.165) is 11.3 Å². The largest absolute Gasteiger partial charge is 0.497 e. The Balaban J connectivity index is 2.15. The summed E-state index contributed by atoms with van der Waals surface area (Å²) in [6, 6.07) is 7.59. The number of benzene rings is 1. The van der Waals surface area contributed by atoms with Crippen molar-refractivity contribution in [1.29, 1.82) is 0 Å². The van der Waals surface area contributed by atoms with Gasteiger partial charge in [0.1, 0.15) is 5.75 Å². The first-order valence-electron chi connectivity index (χ1n) is 6.70. The molecule has 0 spiro atoms. The number of esters is 1. The second-order valence-corrected chi connectivity index (χ2v) is 4.35. The van der Waals surface area contributed by atoms with Crippen molar-refractivity contribution in [3.63, 3.8) is 0 Å². The van der Waals surface area contributed by atoms with E-state index in [9.17, 15) is 9.90 Å². The summed E-state index contributed by atoms with van der Waals surface area (Å²) in [5, 5.41) is 9.61. The zero-order valence-electron chi connectivity index (χ0n) is 12.0. The monoisotopic (exact) mass is 282 g/mol. The number of hydrogen-bond acceptors (Lipinski definition) is 5. The van der Waals surface area contributed by atoms with E-state index in [1.54, 1.807) is 14.0 Å². The van der Waals surface area contributed by atoms with Crippen molar-refractivity contribution in [2.75, 3.05) is 20.3 Å². The highest BCUT2D eigenvalue weighted by molar-refractivity contribution is 5.69. The first-order chi connectivity index (χ1) is 9.65. The fourth-order valence-electron chi connectivity index (χ4n) is 1.65. The molecule has 1 N–H and O–H groups in total. The van der Waals surface area contributed by atoms with Crippen LogP contribution in [0.2, 0.25) is 0 Å². The highest BCUT2D eigenvalue weighted by Gasteiger charge is 2.11. The van der Waals surface area contributed by atoms with E-state index in [1.165, 1.54) is 0 Å². The third-order valence-corrected chi connectivity index (χ3v) is 2.73. The molecule has 1 aromatic carbocycles. The summed E-state index contributed by atoms with van der Waals surface area (Å²) in [4.78, 5) is 11.1. The van der Waals surface area contributed by atoms with E-state index in [4.69, 9.17) is 14.2 Å². The minimum absolute atomic E-state index is 0.0136. The van der Waals surface area contributed by atoms with Crippen LogP contribution in [0.5, 0.6) is 5.75 Å². The second kappa shape index (κ2) is 9.34. The fourth-order valence-corrected chi connectivity index (χ4v) is 1.65. The van der Waals surface area contributed by atoms with Gasteiger partial charge in [-0.05, 0) is 31.0 Å². The van der Waals surface area contributed by atoms with Crippen molar-refractivity contribution >= 4 is 5.97 Å². The Bertz CT molecular complexity index is 388. The first kappa shape index (κ1) is 16.5. The van der Waals surface area contributed by atoms with Crippen LogP contribution in [-0.2, 0) is 20.9 Å². The van der Waals surface area contributed by atoms with Crippen molar-refractivity contribution in [2.24, 2.45) is 0 Å². The van der Waals surface area contributed by atoms with Gasteiger partial charge in [-0.1, -0.05) is 12.1 Å². The van der Waals surface area contributed by atoms with E-state index in [-0.39, 0.29) is 12.4 Å². The fraction of sp³-hybridized carbons (Fsp3) is 0.533. The quantitative estimate of drug-likeness (QED) is 0.553. The van der Waals surface area contributed by atoms with E-state index in [0.29, 0.717) is 26.2 Å². The third-order valence-electron chi connectivity index (χ3n) is 2.73. The molecule has 0 bridgehead atoms. The lowest BCUT2D eigenvalue weighted by Crippen LogP contribution is -2.17. The summed E-state index contributed by atoms with van der Waals surface area (Å²) in [7, 11) is 1.62. The standard InChI is InChI=1S/C15H22O5/c1-3-20-15(17)10-13(16)8-9-19-11-12-4-6-14(18-2)7-5-12/h4-7,13,16H,3,8-11H2,1-2H3/t13-/m0/s1. The molecule has 0 fully saturated rings. The Morgan fingerprint density at radius 3 is 2.60 bits per heavy atom. The van der Waals surface area contributed by atoms with Gasteiger partial charge in [-0.3, -0.25) is 4.79 Å². The Morgan fingerprint density at radius 1 is 1.30 bits per heavy atom. The normalized spacial score (nSPS) is 11.9. The van der Waals surface area contributed by atoms with Crippen LogP contribution in [0, 0.1) is 0 Å². The van der Waals surface area contributed by atoms with E-state index in [2.05, 4.69) is 0 Å². The number of carbonyl (C=O) groups excluding carboxylic acids is 1. The summed E-state index contributed by atoms with van der Waals surface area (Å²) in [5.41, 5.74) is 1.03. The second-order valence-electron chi connectivity index (χ2n) is 4.35. The van der Waals surface area contributed by atoms with Gasteiger partial charge in [0.15, 0.2) is 0 Å². The van der Waals surface area contributed by atoms with Crippen molar-refractivity contribution in [3.8, 4) is 5.75 Å². The van der Waals surface area contributed by atoms with Crippen molar-refractivity contribution < 1.29 is 24.1 Å². The molecule has 0 unspecified atom stereocenters. The Labute approximate surface area is 119 Å². The van der Waals surface area contributed by atoms with Crippen LogP contribution in [0.4, 0.5) is 0 Å². The van der Waals surface area contributed by atoms with Crippen LogP contribution < -0.4 is 4.74 Å². The molecule has 20 heavy (non-hydrogen) atoms. The summed E-state index contributed by atoms with van der Waals surface area (Å²) < 4.78 is 15.3. The minimum atomic E-state index is -0.718. The molecule has 1 atom stereocenters. The van der Waals surface area contributed by atoms with Crippen molar-refractivity contribution in [3.05, 3.63) is 29.8 Å². The average Bonchev–Trinajstić information content (AvgIpc) is 2.44. The Kier molecular flexibility index (Phi) is 7.69. The van der Waals surface area contributed by atoms with Crippen LogP contribution in [-0.4, -0.2) is 37.5 Å². The molecule has 0 aliphatic carbocycles. The zero-order chi connectivity index (χ0) is 14.8. The predicted molar refractivity (Wildman–Crippen MR) is 74.5 cm³/mol. The van der Waals surface area contributed by atoms with Gasteiger partial charge >= 0.3 is 5.97 Å². The first-order valence-corrected chi connectivity index (χ1v) is 6.70. The SMILES string of the molecule is CCOC(=O)C[C@@H](O)CCOCc1ccc(OC)cc1. The summed E-state index contributed by atoms with van der Waals surface area (Å²) in [6.07, 6.45) is -0.292. The summed E-state index contributed by atoms with van der Waals surface area (Å²) in [6.45, 7) is 2.94. The van der Waals surface area contributed by atoms with Crippen molar-refractivity contribution in [1.82, 2.24) is 0 Å². The molecule has 0 aliphatic heterocycles. The smallest absolute Gasteiger partial charge is 0.308 e. The zero-order valence-corrected chi connectivity index (χ0v) is 12.0. The lowest BCUT2D eigenvalue weighted by atomic mass is 10.2. The molecule has 0 amide bonds. The van der Waals surface area contributed by atoms with E-state index < -0.39 is 6.10 Å². The van der Waals surface area contributed by atoms with Gasteiger partial charge in [-0.15, -0.1) is 0 Å². The minimum Gasteiger partial charge on any atom is -0.497 e.